The van der Waals surface area contributed by atoms with Gasteiger partial charge in [0.15, 0.2) is 0 Å². The second kappa shape index (κ2) is 6.13. The lowest BCUT2D eigenvalue weighted by atomic mass is 10.1. The number of hydrogen-bond donors (Lipinski definition) is 1. The Morgan fingerprint density at radius 1 is 1.27 bits per heavy atom. The third-order valence-electron chi connectivity index (χ3n) is 2.50. The average molecular weight is 233 g/mol. The van der Waals surface area contributed by atoms with Gasteiger partial charge in [-0.05, 0) is 27.7 Å². The van der Waals surface area contributed by atoms with Crippen LogP contribution >= 0.6 is 12.4 Å². The van der Waals surface area contributed by atoms with Crippen LogP contribution in [-0.2, 0) is 4.79 Å². The van der Waals surface area contributed by atoms with Gasteiger partial charge >= 0.3 is 0 Å². The fraction of sp³-hybridized carbons (Fsp3) is 0.727. The van der Waals surface area contributed by atoms with Gasteiger partial charge in [0.25, 0.3) is 0 Å². The second-order valence-electron chi connectivity index (χ2n) is 4.32. The van der Waals surface area contributed by atoms with Crippen molar-refractivity contribution in [3.8, 4) is 0 Å². The summed E-state index contributed by atoms with van der Waals surface area (Å²) in [6.07, 6.45) is 1.72. The highest BCUT2D eigenvalue weighted by atomic mass is 35.5. The van der Waals surface area contributed by atoms with E-state index in [2.05, 4.69) is 19.2 Å². The Morgan fingerprint density at radius 2 is 1.73 bits per heavy atom. The Labute approximate surface area is 98.3 Å². The van der Waals surface area contributed by atoms with Crippen LogP contribution in [0.1, 0.15) is 27.7 Å². The number of piperazine rings is 1. The van der Waals surface area contributed by atoms with Crippen LogP contribution in [0, 0.1) is 0 Å². The lowest BCUT2D eigenvalue weighted by molar-refractivity contribution is -0.131. The summed E-state index contributed by atoms with van der Waals surface area (Å²) >= 11 is 0. The molecule has 1 amide bonds. The van der Waals surface area contributed by atoms with Crippen LogP contribution in [0.3, 0.4) is 0 Å². The molecule has 0 bridgehead atoms. The van der Waals surface area contributed by atoms with Crippen LogP contribution in [0.4, 0.5) is 0 Å². The Hall–Kier alpha value is -0.540. The van der Waals surface area contributed by atoms with Gasteiger partial charge in [0.05, 0.1) is 0 Å². The Bertz CT molecular complexity index is 239. The van der Waals surface area contributed by atoms with Crippen molar-refractivity contribution in [2.24, 2.45) is 0 Å². The number of rotatable bonds is 1. The molecule has 1 aliphatic rings. The number of carbonyl (C=O) groups is 1. The van der Waals surface area contributed by atoms with Gasteiger partial charge in [-0.15, -0.1) is 12.4 Å². The third kappa shape index (κ3) is 3.84. The molecule has 1 saturated heterocycles. The first kappa shape index (κ1) is 14.5. The summed E-state index contributed by atoms with van der Waals surface area (Å²) in [5.41, 5.74) is 1.06. The molecule has 0 saturated carbocycles. The lowest BCUT2D eigenvalue weighted by Crippen LogP contribution is -2.56. The van der Waals surface area contributed by atoms with Crippen molar-refractivity contribution in [2.75, 3.05) is 13.1 Å². The van der Waals surface area contributed by atoms with Crippen molar-refractivity contribution in [1.29, 1.82) is 0 Å². The summed E-state index contributed by atoms with van der Waals surface area (Å²) in [6, 6.07) is 0.587. The predicted octanol–water partition coefficient (Wildman–Crippen LogP) is 1.58. The van der Waals surface area contributed by atoms with Crippen LogP contribution in [0.5, 0.6) is 0 Å². The molecule has 1 aliphatic heterocycles. The van der Waals surface area contributed by atoms with Crippen LogP contribution in [-0.4, -0.2) is 36.0 Å². The molecule has 3 nitrogen and oxygen atoms in total. The first-order chi connectivity index (χ1) is 6.52. The summed E-state index contributed by atoms with van der Waals surface area (Å²) in [5.74, 6) is 0.145. The molecule has 0 aromatic rings. The van der Waals surface area contributed by atoms with E-state index in [1.807, 2.05) is 18.7 Å². The van der Waals surface area contributed by atoms with E-state index in [-0.39, 0.29) is 18.3 Å². The zero-order valence-electron chi connectivity index (χ0n) is 9.91. The fourth-order valence-electron chi connectivity index (χ4n) is 1.89. The molecule has 88 valence electrons. The maximum Gasteiger partial charge on any atom is 0.247 e. The molecule has 2 atom stereocenters. The number of amides is 1. The molecule has 0 radical (unpaired) electrons. The monoisotopic (exact) mass is 232 g/mol. The number of halogens is 1. The largest absolute Gasteiger partial charge is 0.331 e. The van der Waals surface area contributed by atoms with Crippen LogP contribution in [0.15, 0.2) is 11.6 Å². The molecule has 1 N–H and O–H groups in total. The Kier molecular flexibility index (Phi) is 5.91. The summed E-state index contributed by atoms with van der Waals surface area (Å²) in [7, 11) is 0. The molecule has 15 heavy (non-hydrogen) atoms. The molecule has 1 rings (SSSR count). The van der Waals surface area contributed by atoms with E-state index in [9.17, 15) is 4.79 Å². The van der Waals surface area contributed by atoms with Gasteiger partial charge in [0, 0.05) is 31.2 Å². The Balaban J connectivity index is 0.00000196. The lowest BCUT2D eigenvalue weighted by Gasteiger charge is -2.39. The minimum atomic E-state index is 0. The molecular formula is C11H21ClN2O. The van der Waals surface area contributed by atoms with E-state index >= 15 is 0 Å². The third-order valence-corrected chi connectivity index (χ3v) is 2.50. The van der Waals surface area contributed by atoms with Crippen molar-refractivity contribution < 1.29 is 4.79 Å². The highest BCUT2D eigenvalue weighted by Crippen LogP contribution is 2.11. The van der Waals surface area contributed by atoms with Gasteiger partial charge in [0.2, 0.25) is 5.91 Å². The van der Waals surface area contributed by atoms with E-state index in [0.29, 0.717) is 12.1 Å². The number of hydrogen-bond acceptors (Lipinski definition) is 2. The van der Waals surface area contributed by atoms with E-state index in [1.165, 1.54) is 0 Å². The van der Waals surface area contributed by atoms with Crippen LogP contribution in [0.25, 0.3) is 0 Å². The molecule has 0 aromatic carbocycles. The number of nitrogens with one attached hydrogen (secondary N) is 1. The number of allylic oxidation sites excluding steroid dienone is 1. The SMILES string of the molecule is CC(C)=CC(=O)N1[C@H](C)CNC[C@@H]1C.Cl. The van der Waals surface area contributed by atoms with E-state index in [0.717, 1.165) is 18.7 Å². The number of nitrogens with zero attached hydrogens (tertiary/aromatic N) is 1. The zero-order valence-corrected chi connectivity index (χ0v) is 10.7. The van der Waals surface area contributed by atoms with Gasteiger partial charge < -0.3 is 10.2 Å². The molecular weight excluding hydrogens is 212 g/mol. The van der Waals surface area contributed by atoms with Gasteiger partial charge in [0.1, 0.15) is 0 Å². The molecule has 1 heterocycles. The van der Waals surface area contributed by atoms with Gasteiger partial charge in [-0.25, -0.2) is 0 Å². The maximum absolute atomic E-state index is 11.9. The molecule has 0 aliphatic carbocycles. The van der Waals surface area contributed by atoms with E-state index in [4.69, 9.17) is 0 Å². The van der Waals surface area contributed by atoms with Crippen molar-refractivity contribution in [3.05, 3.63) is 11.6 Å². The normalized spacial score (nSPS) is 25.5. The average Bonchev–Trinajstić information content (AvgIpc) is 2.01. The first-order valence-electron chi connectivity index (χ1n) is 5.20. The van der Waals surface area contributed by atoms with E-state index < -0.39 is 0 Å². The van der Waals surface area contributed by atoms with E-state index in [1.54, 1.807) is 6.08 Å². The summed E-state index contributed by atoms with van der Waals surface area (Å²) in [5, 5.41) is 3.31. The fourth-order valence-corrected chi connectivity index (χ4v) is 1.89. The molecule has 0 spiro atoms. The van der Waals surface area contributed by atoms with Crippen molar-refractivity contribution in [2.45, 2.75) is 39.8 Å². The van der Waals surface area contributed by atoms with Crippen LogP contribution in [0.2, 0.25) is 0 Å². The highest BCUT2D eigenvalue weighted by molar-refractivity contribution is 5.88. The van der Waals surface area contributed by atoms with Gasteiger partial charge in [-0.3, -0.25) is 4.79 Å². The standard InChI is InChI=1S/C11H20N2O.ClH/c1-8(2)5-11(14)13-9(3)6-12-7-10(13)4;/h5,9-10,12H,6-7H2,1-4H3;1H/t9-,10+;. The number of carbonyl (C=O) groups excluding carboxylic acids is 1. The zero-order chi connectivity index (χ0) is 10.7. The maximum atomic E-state index is 11.9. The second-order valence-corrected chi connectivity index (χ2v) is 4.32. The molecule has 0 aromatic heterocycles. The summed E-state index contributed by atoms with van der Waals surface area (Å²) in [6.45, 7) is 9.86. The predicted molar refractivity (Wildman–Crippen MR) is 65.3 cm³/mol. The van der Waals surface area contributed by atoms with Crippen molar-refractivity contribution in [1.82, 2.24) is 10.2 Å². The first-order valence-corrected chi connectivity index (χ1v) is 5.20. The van der Waals surface area contributed by atoms with Gasteiger partial charge in [-0.1, -0.05) is 5.57 Å². The minimum absolute atomic E-state index is 0. The smallest absolute Gasteiger partial charge is 0.247 e. The topological polar surface area (TPSA) is 32.3 Å². The quantitative estimate of drug-likeness (QED) is 0.697. The Morgan fingerprint density at radius 3 is 2.13 bits per heavy atom. The summed E-state index contributed by atoms with van der Waals surface area (Å²) < 4.78 is 0. The molecule has 0 unspecified atom stereocenters. The highest BCUT2D eigenvalue weighted by Gasteiger charge is 2.27. The van der Waals surface area contributed by atoms with Gasteiger partial charge in [-0.2, -0.15) is 0 Å². The van der Waals surface area contributed by atoms with Crippen molar-refractivity contribution >= 4 is 18.3 Å². The summed E-state index contributed by atoms with van der Waals surface area (Å²) in [4.78, 5) is 13.8. The van der Waals surface area contributed by atoms with Crippen LogP contribution < -0.4 is 5.32 Å². The molecule has 1 fully saturated rings. The molecule has 4 heteroatoms. The van der Waals surface area contributed by atoms with Crippen molar-refractivity contribution in [3.63, 3.8) is 0 Å². The minimum Gasteiger partial charge on any atom is -0.331 e.